The molecule has 0 aliphatic carbocycles. The molecule has 1 aliphatic rings. The van der Waals surface area contributed by atoms with E-state index in [2.05, 4.69) is 25.5 Å². The van der Waals surface area contributed by atoms with Gasteiger partial charge in [-0.1, -0.05) is 5.16 Å². The minimum absolute atomic E-state index is 0.107. The van der Waals surface area contributed by atoms with Crippen molar-refractivity contribution in [2.75, 3.05) is 6.54 Å². The molecular formula is C18H22N6O. The van der Waals surface area contributed by atoms with Crippen molar-refractivity contribution in [1.82, 2.24) is 30.2 Å². The average Bonchev–Trinajstić information content (AvgIpc) is 3.20. The van der Waals surface area contributed by atoms with Gasteiger partial charge < -0.3 is 9.84 Å². The molecule has 25 heavy (non-hydrogen) atoms. The summed E-state index contributed by atoms with van der Waals surface area (Å²) in [5, 5.41) is 12.2. The molecule has 0 unspecified atom stereocenters. The Labute approximate surface area is 146 Å². The molecule has 3 aromatic heterocycles. The fourth-order valence-electron chi connectivity index (χ4n) is 3.52. The van der Waals surface area contributed by atoms with Crippen LogP contribution in [0.5, 0.6) is 0 Å². The zero-order chi connectivity index (χ0) is 17.6. The summed E-state index contributed by atoms with van der Waals surface area (Å²) < 4.78 is 7.50. The topological polar surface area (TPSA) is 81.7 Å². The van der Waals surface area contributed by atoms with E-state index >= 15 is 0 Å². The molecule has 0 bridgehead atoms. The van der Waals surface area contributed by atoms with Crippen LogP contribution in [0.3, 0.4) is 0 Å². The molecular weight excluding hydrogens is 316 g/mol. The van der Waals surface area contributed by atoms with Gasteiger partial charge in [-0.05, 0) is 57.9 Å². The summed E-state index contributed by atoms with van der Waals surface area (Å²) in [7, 11) is 0. The lowest BCUT2D eigenvalue weighted by atomic mass is 9.95. The third kappa shape index (κ3) is 2.74. The Morgan fingerprint density at radius 3 is 2.88 bits per heavy atom. The number of fused-ring (bicyclic) bond motifs is 1. The van der Waals surface area contributed by atoms with E-state index < -0.39 is 0 Å². The van der Waals surface area contributed by atoms with Gasteiger partial charge in [0.2, 0.25) is 5.82 Å². The third-order valence-electron chi connectivity index (χ3n) is 4.77. The maximum absolute atomic E-state index is 5.58. The number of rotatable bonds is 3. The van der Waals surface area contributed by atoms with Crippen molar-refractivity contribution >= 4 is 0 Å². The Hall–Kier alpha value is -2.54. The number of hydrogen-bond acceptors (Lipinski definition) is 6. The van der Waals surface area contributed by atoms with Crippen LogP contribution >= 0.6 is 0 Å². The van der Waals surface area contributed by atoms with Gasteiger partial charge in [0.25, 0.3) is 5.89 Å². The molecule has 0 saturated heterocycles. The van der Waals surface area contributed by atoms with Gasteiger partial charge in [-0.25, -0.2) is 0 Å². The molecule has 0 radical (unpaired) electrons. The van der Waals surface area contributed by atoms with Crippen molar-refractivity contribution in [2.24, 2.45) is 0 Å². The van der Waals surface area contributed by atoms with Crippen LogP contribution in [0.25, 0.3) is 11.4 Å². The minimum atomic E-state index is -0.107. The first-order chi connectivity index (χ1) is 12.0. The van der Waals surface area contributed by atoms with E-state index in [4.69, 9.17) is 4.52 Å². The second-order valence-corrected chi connectivity index (χ2v) is 6.65. The van der Waals surface area contributed by atoms with Crippen LogP contribution in [0.2, 0.25) is 0 Å². The number of aromatic nitrogens is 5. The summed E-state index contributed by atoms with van der Waals surface area (Å²) in [6, 6.07) is 1.94. The highest BCUT2D eigenvalue weighted by Gasteiger charge is 2.23. The number of nitrogens with zero attached hydrogens (tertiary/aromatic N) is 5. The molecule has 0 spiro atoms. The van der Waals surface area contributed by atoms with Crippen LogP contribution in [0.1, 0.15) is 47.1 Å². The van der Waals surface area contributed by atoms with Gasteiger partial charge in [-0.15, -0.1) is 0 Å². The zero-order valence-electron chi connectivity index (χ0n) is 15.0. The van der Waals surface area contributed by atoms with Crippen molar-refractivity contribution in [2.45, 2.75) is 46.7 Å². The van der Waals surface area contributed by atoms with Crippen molar-refractivity contribution in [1.29, 1.82) is 0 Å². The SMILES string of the molecule is Cc1cc(C)n([C@H](C)c2nc(-c3c(C)ncc4c3CCNC4)no2)n1. The van der Waals surface area contributed by atoms with E-state index in [1.54, 1.807) is 0 Å². The first-order valence-electron chi connectivity index (χ1n) is 8.59. The van der Waals surface area contributed by atoms with Gasteiger partial charge >= 0.3 is 0 Å². The summed E-state index contributed by atoms with van der Waals surface area (Å²) in [5.74, 6) is 1.18. The molecule has 130 valence electrons. The molecule has 4 heterocycles. The summed E-state index contributed by atoms with van der Waals surface area (Å²) in [4.78, 5) is 9.20. The predicted octanol–water partition coefficient (Wildman–Crippen LogP) is 2.51. The number of nitrogens with one attached hydrogen (secondary N) is 1. The summed E-state index contributed by atoms with van der Waals surface area (Å²) in [6.07, 6.45) is 2.89. The molecule has 7 heteroatoms. The lowest BCUT2D eigenvalue weighted by molar-refractivity contribution is 0.334. The number of hydrogen-bond donors (Lipinski definition) is 1. The highest BCUT2D eigenvalue weighted by molar-refractivity contribution is 5.64. The lowest BCUT2D eigenvalue weighted by Gasteiger charge is -2.19. The summed E-state index contributed by atoms with van der Waals surface area (Å²) in [6.45, 7) is 9.82. The Morgan fingerprint density at radius 2 is 2.12 bits per heavy atom. The molecule has 7 nitrogen and oxygen atoms in total. The second-order valence-electron chi connectivity index (χ2n) is 6.65. The fraction of sp³-hybridized carbons (Fsp3) is 0.444. The molecule has 0 amide bonds. The maximum Gasteiger partial charge on any atom is 0.251 e. The Balaban J connectivity index is 1.74. The van der Waals surface area contributed by atoms with Gasteiger partial charge in [0, 0.05) is 29.7 Å². The second kappa shape index (κ2) is 6.07. The highest BCUT2D eigenvalue weighted by Crippen LogP contribution is 2.30. The van der Waals surface area contributed by atoms with Crippen LogP contribution in [0, 0.1) is 20.8 Å². The van der Waals surface area contributed by atoms with Crippen LogP contribution in [-0.2, 0) is 13.0 Å². The van der Waals surface area contributed by atoms with E-state index in [1.807, 2.05) is 44.6 Å². The average molecular weight is 338 g/mol. The number of pyridine rings is 1. The van der Waals surface area contributed by atoms with Gasteiger partial charge in [-0.3, -0.25) is 9.67 Å². The largest absolute Gasteiger partial charge is 0.337 e. The van der Waals surface area contributed by atoms with Crippen molar-refractivity contribution < 1.29 is 4.52 Å². The van der Waals surface area contributed by atoms with Crippen LogP contribution in [0.4, 0.5) is 0 Å². The highest BCUT2D eigenvalue weighted by atomic mass is 16.5. The fourth-order valence-corrected chi connectivity index (χ4v) is 3.52. The predicted molar refractivity (Wildman–Crippen MR) is 93.2 cm³/mol. The first-order valence-corrected chi connectivity index (χ1v) is 8.59. The molecule has 1 atom stereocenters. The van der Waals surface area contributed by atoms with E-state index in [0.29, 0.717) is 11.7 Å². The van der Waals surface area contributed by atoms with E-state index in [-0.39, 0.29) is 6.04 Å². The standard InChI is InChI=1S/C18H22N6O/c1-10-7-11(2)24(22-10)13(4)18-21-17(23-25-18)16-12(3)20-9-14-8-19-6-5-15(14)16/h7,9,13,19H,5-6,8H2,1-4H3/t13-/m1/s1. The quantitative estimate of drug-likeness (QED) is 0.790. The van der Waals surface area contributed by atoms with Gasteiger partial charge in [0.05, 0.1) is 5.69 Å². The zero-order valence-corrected chi connectivity index (χ0v) is 15.0. The van der Waals surface area contributed by atoms with Gasteiger partial charge in [0.1, 0.15) is 6.04 Å². The molecule has 4 rings (SSSR count). The van der Waals surface area contributed by atoms with E-state index in [0.717, 1.165) is 42.2 Å². The smallest absolute Gasteiger partial charge is 0.251 e. The van der Waals surface area contributed by atoms with Crippen molar-refractivity contribution in [3.05, 3.63) is 46.4 Å². The summed E-state index contributed by atoms with van der Waals surface area (Å²) >= 11 is 0. The van der Waals surface area contributed by atoms with Gasteiger partial charge in [-0.2, -0.15) is 10.1 Å². The monoisotopic (exact) mass is 338 g/mol. The maximum atomic E-state index is 5.58. The first kappa shape index (κ1) is 16.0. The third-order valence-corrected chi connectivity index (χ3v) is 4.77. The van der Waals surface area contributed by atoms with Crippen LogP contribution < -0.4 is 5.32 Å². The Kier molecular flexibility index (Phi) is 3.88. The van der Waals surface area contributed by atoms with Crippen molar-refractivity contribution in [3.8, 4) is 11.4 Å². The summed E-state index contributed by atoms with van der Waals surface area (Å²) in [5.41, 5.74) is 6.49. The molecule has 0 aromatic carbocycles. The van der Waals surface area contributed by atoms with Crippen LogP contribution in [0.15, 0.2) is 16.8 Å². The Morgan fingerprint density at radius 1 is 1.28 bits per heavy atom. The normalized spacial score (nSPS) is 15.2. The molecule has 0 fully saturated rings. The molecule has 3 aromatic rings. The lowest BCUT2D eigenvalue weighted by Crippen LogP contribution is -2.24. The Bertz CT molecular complexity index is 926. The van der Waals surface area contributed by atoms with Crippen LogP contribution in [-0.4, -0.2) is 31.4 Å². The molecule has 1 N–H and O–H groups in total. The van der Waals surface area contributed by atoms with E-state index in [1.165, 1.54) is 11.1 Å². The van der Waals surface area contributed by atoms with E-state index in [9.17, 15) is 0 Å². The minimum Gasteiger partial charge on any atom is -0.337 e. The van der Waals surface area contributed by atoms with Crippen molar-refractivity contribution in [3.63, 3.8) is 0 Å². The molecule has 0 saturated carbocycles. The molecule has 1 aliphatic heterocycles. The number of aryl methyl sites for hydroxylation is 3. The van der Waals surface area contributed by atoms with Gasteiger partial charge in [0.15, 0.2) is 0 Å².